The van der Waals surface area contributed by atoms with Crippen LogP contribution in [0.3, 0.4) is 0 Å². The molecule has 0 aliphatic heterocycles. The van der Waals surface area contributed by atoms with Crippen molar-refractivity contribution in [2.45, 2.75) is 38.5 Å². The summed E-state index contributed by atoms with van der Waals surface area (Å²) in [7, 11) is 0. The lowest BCUT2D eigenvalue weighted by Gasteiger charge is -2.32. The van der Waals surface area contributed by atoms with E-state index in [0.29, 0.717) is 12.5 Å². The van der Waals surface area contributed by atoms with E-state index in [-0.39, 0.29) is 5.92 Å². The molecule has 0 radical (unpaired) electrons. The molecule has 1 unspecified atom stereocenters. The van der Waals surface area contributed by atoms with Gasteiger partial charge in [0.15, 0.2) is 11.6 Å². The molecule has 0 spiro atoms. The zero-order chi connectivity index (χ0) is 13.1. The molecule has 1 aliphatic carbocycles. The number of nitrogens with two attached hydrogens (primary N) is 1. The maximum absolute atomic E-state index is 13.3. The summed E-state index contributed by atoms with van der Waals surface area (Å²) < 4.78 is 26.2. The van der Waals surface area contributed by atoms with E-state index in [4.69, 9.17) is 5.73 Å². The first-order valence-corrected chi connectivity index (χ1v) is 6.76. The zero-order valence-electron chi connectivity index (χ0n) is 10.8. The third kappa shape index (κ3) is 2.89. The second-order valence-electron chi connectivity index (χ2n) is 5.54. The Morgan fingerprint density at radius 2 is 1.83 bits per heavy atom. The van der Waals surface area contributed by atoms with Gasteiger partial charge in [-0.3, -0.25) is 0 Å². The number of hydrogen-bond acceptors (Lipinski definition) is 1. The number of rotatable bonds is 3. The molecule has 100 valence electrons. The van der Waals surface area contributed by atoms with E-state index >= 15 is 0 Å². The van der Waals surface area contributed by atoms with Crippen LogP contribution in [0.4, 0.5) is 8.78 Å². The largest absolute Gasteiger partial charge is 0.330 e. The van der Waals surface area contributed by atoms with Crippen LogP contribution in [0, 0.1) is 23.5 Å². The minimum atomic E-state index is -0.785. The van der Waals surface area contributed by atoms with Crippen LogP contribution in [0.1, 0.15) is 44.1 Å². The van der Waals surface area contributed by atoms with Crippen molar-refractivity contribution in [1.82, 2.24) is 0 Å². The van der Waals surface area contributed by atoms with Crippen LogP contribution in [0.15, 0.2) is 18.2 Å². The van der Waals surface area contributed by atoms with Crippen LogP contribution >= 0.6 is 0 Å². The molecule has 0 saturated heterocycles. The fourth-order valence-electron chi connectivity index (χ4n) is 3.03. The van der Waals surface area contributed by atoms with Gasteiger partial charge in [0.25, 0.3) is 0 Å². The fraction of sp³-hybridized carbons (Fsp3) is 0.600. The Morgan fingerprint density at radius 1 is 1.17 bits per heavy atom. The van der Waals surface area contributed by atoms with Crippen LogP contribution in [-0.4, -0.2) is 6.54 Å². The molecule has 3 heteroatoms. The Balaban J connectivity index is 2.14. The Hall–Kier alpha value is -0.960. The van der Waals surface area contributed by atoms with Gasteiger partial charge in [0, 0.05) is 0 Å². The van der Waals surface area contributed by atoms with Crippen molar-refractivity contribution in [1.29, 1.82) is 0 Å². The summed E-state index contributed by atoms with van der Waals surface area (Å²) in [6.45, 7) is 2.77. The van der Waals surface area contributed by atoms with Crippen LogP contribution in [0.2, 0.25) is 0 Å². The van der Waals surface area contributed by atoms with Gasteiger partial charge in [-0.15, -0.1) is 0 Å². The maximum atomic E-state index is 13.3. The first-order valence-electron chi connectivity index (χ1n) is 6.76. The monoisotopic (exact) mass is 253 g/mol. The van der Waals surface area contributed by atoms with Crippen molar-refractivity contribution in [2.75, 3.05) is 6.54 Å². The lowest BCUT2D eigenvalue weighted by atomic mass is 9.74. The highest BCUT2D eigenvalue weighted by Gasteiger charge is 2.26. The average molecular weight is 253 g/mol. The average Bonchev–Trinajstić information content (AvgIpc) is 2.37. The second-order valence-corrected chi connectivity index (χ2v) is 5.54. The Morgan fingerprint density at radius 3 is 2.39 bits per heavy atom. The summed E-state index contributed by atoms with van der Waals surface area (Å²) in [6, 6.07) is 4.19. The molecule has 0 amide bonds. The molecule has 2 N–H and O–H groups in total. The predicted molar refractivity (Wildman–Crippen MR) is 69.3 cm³/mol. The van der Waals surface area contributed by atoms with Crippen LogP contribution in [0.5, 0.6) is 0 Å². The predicted octanol–water partition coefficient (Wildman–Crippen LogP) is 3.83. The number of benzene rings is 1. The van der Waals surface area contributed by atoms with E-state index in [1.807, 2.05) is 0 Å². The molecule has 1 atom stereocenters. The minimum absolute atomic E-state index is 0.160. The maximum Gasteiger partial charge on any atom is 0.159 e. The number of halogens is 2. The highest BCUT2D eigenvalue weighted by atomic mass is 19.2. The zero-order valence-corrected chi connectivity index (χ0v) is 10.8. The first-order chi connectivity index (χ1) is 8.61. The smallest absolute Gasteiger partial charge is 0.159 e. The highest BCUT2D eigenvalue weighted by Crippen LogP contribution is 2.37. The highest BCUT2D eigenvalue weighted by molar-refractivity contribution is 5.23. The van der Waals surface area contributed by atoms with Gasteiger partial charge in [-0.05, 0) is 54.8 Å². The quantitative estimate of drug-likeness (QED) is 0.870. The molecular formula is C15H21F2N. The lowest BCUT2D eigenvalue weighted by Crippen LogP contribution is -2.25. The van der Waals surface area contributed by atoms with E-state index in [0.717, 1.165) is 24.3 Å². The molecule has 1 aromatic rings. The summed E-state index contributed by atoms with van der Waals surface area (Å²) in [4.78, 5) is 0. The SMILES string of the molecule is CC1CCC(C(CN)c2ccc(F)c(F)c2)CC1. The second kappa shape index (κ2) is 5.79. The van der Waals surface area contributed by atoms with Crippen molar-refractivity contribution in [2.24, 2.45) is 17.6 Å². The van der Waals surface area contributed by atoms with E-state index in [1.54, 1.807) is 6.07 Å². The van der Waals surface area contributed by atoms with E-state index < -0.39 is 11.6 Å². The molecule has 0 bridgehead atoms. The third-order valence-electron chi connectivity index (χ3n) is 4.26. The molecule has 0 aromatic heterocycles. The van der Waals surface area contributed by atoms with Gasteiger partial charge in [0.2, 0.25) is 0 Å². The molecule has 1 fully saturated rings. The Labute approximate surface area is 107 Å². The number of hydrogen-bond donors (Lipinski definition) is 1. The topological polar surface area (TPSA) is 26.0 Å². The van der Waals surface area contributed by atoms with Crippen molar-refractivity contribution < 1.29 is 8.78 Å². The normalized spacial score (nSPS) is 26.0. The molecule has 0 heterocycles. The summed E-state index contributed by atoms with van der Waals surface area (Å²) in [5, 5.41) is 0. The van der Waals surface area contributed by atoms with Crippen molar-refractivity contribution in [3.8, 4) is 0 Å². The summed E-state index contributed by atoms with van der Waals surface area (Å²) >= 11 is 0. The van der Waals surface area contributed by atoms with Crippen LogP contribution in [-0.2, 0) is 0 Å². The minimum Gasteiger partial charge on any atom is -0.330 e. The van der Waals surface area contributed by atoms with E-state index in [1.165, 1.54) is 25.0 Å². The molecule has 18 heavy (non-hydrogen) atoms. The van der Waals surface area contributed by atoms with Crippen molar-refractivity contribution in [3.63, 3.8) is 0 Å². The summed E-state index contributed by atoms with van der Waals surface area (Å²) in [5.41, 5.74) is 6.69. The molecule has 2 rings (SSSR count). The summed E-state index contributed by atoms with van der Waals surface area (Å²) in [6.07, 6.45) is 4.71. The van der Waals surface area contributed by atoms with Gasteiger partial charge in [-0.1, -0.05) is 25.8 Å². The van der Waals surface area contributed by atoms with E-state index in [9.17, 15) is 8.78 Å². The molecule has 1 saturated carbocycles. The fourth-order valence-corrected chi connectivity index (χ4v) is 3.03. The molecule has 1 nitrogen and oxygen atoms in total. The van der Waals surface area contributed by atoms with E-state index in [2.05, 4.69) is 6.92 Å². The molecular weight excluding hydrogens is 232 g/mol. The lowest BCUT2D eigenvalue weighted by molar-refractivity contribution is 0.255. The van der Waals surface area contributed by atoms with Crippen LogP contribution in [0.25, 0.3) is 0 Å². The van der Waals surface area contributed by atoms with Crippen molar-refractivity contribution >= 4 is 0 Å². The first kappa shape index (κ1) is 13.5. The van der Waals surface area contributed by atoms with Gasteiger partial charge in [0.05, 0.1) is 0 Å². The molecule has 1 aliphatic rings. The third-order valence-corrected chi connectivity index (χ3v) is 4.26. The van der Waals surface area contributed by atoms with Gasteiger partial charge >= 0.3 is 0 Å². The Bertz CT molecular complexity index is 397. The molecule has 1 aromatic carbocycles. The standard InChI is InChI=1S/C15H21F2N/c1-10-2-4-11(5-3-10)13(9-18)12-6-7-14(16)15(17)8-12/h6-8,10-11,13H,2-5,9,18H2,1H3. The van der Waals surface area contributed by atoms with Gasteiger partial charge in [-0.25, -0.2) is 8.78 Å². The Kier molecular flexibility index (Phi) is 4.33. The van der Waals surface area contributed by atoms with Gasteiger partial charge in [0.1, 0.15) is 0 Å². The van der Waals surface area contributed by atoms with Crippen molar-refractivity contribution in [3.05, 3.63) is 35.4 Å². The van der Waals surface area contributed by atoms with Crippen LogP contribution < -0.4 is 5.73 Å². The summed E-state index contributed by atoms with van der Waals surface area (Å²) in [5.74, 6) is -0.102. The van der Waals surface area contributed by atoms with Gasteiger partial charge < -0.3 is 5.73 Å². The van der Waals surface area contributed by atoms with Gasteiger partial charge in [-0.2, -0.15) is 0 Å².